The molecule has 0 spiro atoms. The van der Waals surface area contributed by atoms with E-state index >= 15 is 0 Å². The van der Waals surface area contributed by atoms with Gasteiger partial charge >= 0.3 is 5.97 Å². The Balaban J connectivity index is 2.40. The summed E-state index contributed by atoms with van der Waals surface area (Å²) in [5, 5.41) is 14.0. The van der Waals surface area contributed by atoms with Gasteiger partial charge in [-0.05, 0) is 35.0 Å². The lowest BCUT2D eigenvalue weighted by atomic mass is 10.2. The van der Waals surface area contributed by atoms with E-state index < -0.39 is 5.97 Å². The van der Waals surface area contributed by atoms with Gasteiger partial charge in [0.05, 0.1) is 18.5 Å². The molecule has 5 heteroatoms. The van der Waals surface area contributed by atoms with E-state index in [-0.39, 0.29) is 6.42 Å². The van der Waals surface area contributed by atoms with Crippen LogP contribution < -0.4 is 0 Å². The van der Waals surface area contributed by atoms with Crippen molar-refractivity contribution in [3.63, 3.8) is 0 Å². The van der Waals surface area contributed by atoms with E-state index in [1.54, 1.807) is 4.68 Å². The third-order valence-corrected chi connectivity index (χ3v) is 3.20. The number of carboxylic acid groups (broad SMARTS) is 1. The summed E-state index contributed by atoms with van der Waals surface area (Å²) in [6.07, 6.45) is 0.0750. The predicted molar refractivity (Wildman–Crippen MR) is 64.4 cm³/mol. The van der Waals surface area contributed by atoms with Crippen molar-refractivity contribution < 1.29 is 9.90 Å². The first kappa shape index (κ1) is 11.1. The number of carbonyl (C=O) groups is 1. The second-order valence-corrected chi connectivity index (χ2v) is 4.43. The van der Waals surface area contributed by atoms with Crippen LogP contribution in [-0.2, 0) is 11.3 Å². The number of aliphatic carboxylic acids is 1. The van der Waals surface area contributed by atoms with E-state index in [9.17, 15) is 4.79 Å². The van der Waals surface area contributed by atoms with Crippen LogP contribution >= 0.6 is 15.9 Å². The predicted octanol–water partition coefficient (Wildman–Crippen LogP) is 2.58. The van der Waals surface area contributed by atoms with Gasteiger partial charge < -0.3 is 5.11 Å². The molecule has 0 unspecified atom stereocenters. The van der Waals surface area contributed by atoms with Gasteiger partial charge in [0.1, 0.15) is 4.60 Å². The quantitative estimate of drug-likeness (QED) is 0.942. The molecule has 1 aromatic heterocycles. The smallest absolute Gasteiger partial charge is 0.305 e. The standard InChI is InChI=1S/C11H11BrN2O2/c1-7-2-3-9-8(6-7)11(12)14(13-9)5-4-10(15)16/h2-3,6H,4-5H2,1H3,(H,15,16). The summed E-state index contributed by atoms with van der Waals surface area (Å²) in [5.41, 5.74) is 2.04. The minimum Gasteiger partial charge on any atom is -0.481 e. The van der Waals surface area contributed by atoms with Crippen molar-refractivity contribution in [2.24, 2.45) is 0 Å². The molecule has 1 heterocycles. The fourth-order valence-corrected chi connectivity index (χ4v) is 2.14. The first-order valence-corrected chi connectivity index (χ1v) is 5.71. The highest BCUT2D eigenvalue weighted by Crippen LogP contribution is 2.24. The number of aryl methyl sites for hydroxylation is 2. The van der Waals surface area contributed by atoms with Crippen LogP contribution in [0.15, 0.2) is 22.8 Å². The van der Waals surface area contributed by atoms with Crippen molar-refractivity contribution in [3.8, 4) is 0 Å². The Morgan fingerprint density at radius 2 is 2.31 bits per heavy atom. The number of rotatable bonds is 3. The fraction of sp³-hybridized carbons (Fsp3) is 0.273. The molecule has 4 nitrogen and oxygen atoms in total. The molecule has 0 bridgehead atoms. The highest BCUT2D eigenvalue weighted by Gasteiger charge is 2.09. The molecule has 84 valence electrons. The van der Waals surface area contributed by atoms with Gasteiger partial charge in [-0.15, -0.1) is 0 Å². The normalized spacial score (nSPS) is 10.9. The summed E-state index contributed by atoms with van der Waals surface area (Å²) in [4.78, 5) is 10.5. The molecule has 2 rings (SSSR count). The Morgan fingerprint density at radius 1 is 1.56 bits per heavy atom. The molecule has 0 fully saturated rings. The van der Waals surface area contributed by atoms with Crippen molar-refractivity contribution in [2.75, 3.05) is 0 Å². The van der Waals surface area contributed by atoms with E-state index in [2.05, 4.69) is 21.0 Å². The van der Waals surface area contributed by atoms with E-state index in [1.807, 2.05) is 25.1 Å². The molecular formula is C11H11BrN2O2. The molecule has 0 amide bonds. The summed E-state index contributed by atoms with van der Waals surface area (Å²) < 4.78 is 2.52. The van der Waals surface area contributed by atoms with Crippen LogP contribution in [-0.4, -0.2) is 20.9 Å². The van der Waals surface area contributed by atoms with Crippen molar-refractivity contribution in [2.45, 2.75) is 19.9 Å². The number of carboxylic acids is 1. The third-order valence-electron chi connectivity index (χ3n) is 2.37. The van der Waals surface area contributed by atoms with Crippen LogP contribution in [0.4, 0.5) is 0 Å². The lowest BCUT2D eigenvalue weighted by Crippen LogP contribution is -2.05. The molecule has 0 atom stereocenters. The summed E-state index contributed by atoms with van der Waals surface area (Å²) in [6.45, 7) is 2.39. The first-order chi connectivity index (χ1) is 7.58. The van der Waals surface area contributed by atoms with Crippen molar-refractivity contribution in [1.82, 2.24) is 9.78 Å². The second-order valence-electron chi connectivity index (χ2n) is 3.68. The maximum absolute atomic E-state index is 10.5. The van der Waals surface area contributed by atoms with Gasteiger partial charge in [0.15, 0.2) is 0 Å². The fourth-order valence-electron chi connectivity index (χ4n) is 1.57. The third kappa shape index (κ3) is 2.09. The summed E-state index contributed by atoms with van der Waals surface area (Å²) in [7, 11) is 0. The average molecular weight is 283 g/mol. The molecule has 0 aliphatic carbocycles. The highest BCUT2D eigenvalue weighted by atomic mass is 79.9. The van der Waals surface area contributed by atoms with Crippen molar-refractivity contribution in [1.29, 1.82) is 0 Å². The first-order valence-electron chi connectivity index (χ1n) is 4.92. The minimum atomic E-state index is -0.817. The molecule has 0 saturated heterocycles. The molecule has 16 heavy (non-hydrogen) atoms. The molecule has 0 aliphatic rings. The van der Waals surface area contributed by atoms with Gasteiger partial charge in [-0.25, -0.2) is 0 Å². The number of hydrogen-bond donors (Lipinski definition) is 1. The topological polar surface area (TPSA) is 55.1 Å². The zero-order valence-corrected chi connectivity index (χ0v) is 10.4. The summed E-state index contributed by atoms with van der Waals surface area (Å²) in [6, 6.07) is 5.96. The van der Waals surface area contributed by atoms with Crippen LogP contribution in [0, 0.1) is 6.92 Å². The number of halogens is 1. The van der Waals surface area contributed by atoms with Crippen LogP contribution in [0.5, 0.6) is 0 Å². The summed E-state index contributed by atoms with van der Waals surface area (Å²) in [5.74, 6) is -0.817. The molecule has 2 aromatic rings. The highest BCUT2D eigenvalue weighted by molar-refractivity contribution is 9.10. The largest absolute Gasteiger partial charge is 0.481 e. The van der Waals surface area contributed by atoms with Crippen LogP contribution in [0.3, 0.4) is 0 Å². The minimum absolute atomic E-state index is 0.0750. The average Bonchev–Trinajstić information content (AvgIpc) is 2.53. The molecule has 0 radical (unpaired) electrons. The molecular weight excluding hydrogens is 272 g/mol. The Labute approximate surface area is 101 Å². The summed E-state index contributed by atoms with van der Waals surface area (Å²) >= 11 is 3.44. The number of aromatic nitrogens is 2. The van der Waals surface area contributed by atoms with Gasteiger partial charge in [-0.1, -0.05) is 11.6 Å². The number of benzene rings is 1. The SMILES string of the molecule is Cc1ccc2nn(CCC(=O)O)c(Br)c2c1. The van der Waals surface area contributed by atoms with Crippen LogP contribution in [0.2, 0.25) is 0 Å². The van der Waals surface area contributed by atoms with E-state index in [0.29, 0.717) is 6.54 Å². The Bertz CT molecular complexity index is 548. The van der Waals surface area contributed by atoms with Crippen molar-refractivity contribution in [3.05, 3.63) is 28.4 Å². The van der Waals surface area contributed by atoms with E-state index in [1.165, 1.54) is 0 Å². The molecule has 0 aliphatic heterocycles. The molecule has 1 N–H and O–H groups in total. The second kappa shape index (κ2) is 4.25. The number of fused-ring (bicyclic) bond motifs is 1. The van der Waals surface area contributed by atoms with Gasteiger partial charge in [-0.3, -0.25) is 9.48 Å². The van der Waals surface area contributed by atoms with Gasteiger partial charge in [0.2, 0.25) is 0 Å². The molecule has 1 aromatic carbocycles. The maximum atomic E-state index is 10.5. The van der Waals surface area contributed by atoms with E-state index in [0.717, 1.165) is 21.1 Å². The van der Waals surface area contributed by atoms with E-state index in [4.69, 9.17) is 5.11 Å². The number of nitrogens with zero attached hydrogens (tertiary/aromatic N) is 2. The number of hydrogen-bond acceptors (Lipinski definition) is 2. The Hall–Kier alpha value is -1.36. The zero-order valence-electron chi connectivity index (χ0n) is 8.77. The van der Waals surface area contributed by atoms with Crippen LogP contribution in [0.25, 0.3) is 10.9 Å². The van der Waals surface area contributed by atoms with Gasteiger partial charge in [-0.2, -0.15) is 5.10 Å². The Kier molecular flexibility index (Phi) is 2.96. The Morgan fingerprint density at radius 3 is 3.00 bits per heavy atom. The van der Waals surface area contributed by atoms with Gasteiger partial charge in [0.25, 0.3) is 0 Å². The molecule has 0 saturated carbocycles. The van der Waals surface area contributed by atoms with Gasteiger partial charge in [0, 0.05) is 5.39 Å². The monoisotopic (exact) mass is 282 g/mol. The lowest BCUT2D eigenvalue weighted by molar-refractivity contribution is -0.137. The van der Waals surface area contributed by atoms with Crippen molar-refractivity contribution >= 4 is 32.8 Å². The maximum Gasteiger partial charge on any atom is 0.305 e. The zero-order chi connectivity index (χ0) is 11.7. The van der Waals surface area contributed by atoms with Crippen LogP contribution in [0.1, 0.15) is 12.0 Å². The lowest BCUT2D eigenvalue weighted by Gasteiger charge is -1.99.